The fourth-order valence-electron chi connectivity index (χ4n) is 1.63. The number of rotatable bonds is 2. The maximum Gasteiger partial charge on any atom is 0.214 e. The second kappa shape index (κ2) is 3.43. The lowest BCUT2D eigenvalue weighted by atomic mass is 10.2. The molecule has 16 heavy (non-hydrogen) atoms. The van der Waals surface area contributed by atoms with Crippen molar-refractivity contribution < 1.29 is 4.42 Å². The lowest BCUT2D eigenvalue weighted by molar-refractivity contribution is 0.440. The molecular weight excluding hydrogens is 268 g/mol. The van der Waals surface area contributed by atoms with Crippen LogP contribution in [0.1, 0.15) is 18.7 Å². The van der Waals surface area contributed by atoms with Crippen molar-refractivity contribution in [2.24, 2.45) is 5.73 Å². The minimum atomic E-state index is -0.301. The summed E-state index contributed by atoms with van der Waals surface area (Å²) in [6.07, 6.45) is 3.60. The van der Waals surface area contributed by atoms with Crippen LogP contribution in [0.15, 0.2) is 39.4 Å². The Kier molecular flexibility index (Phi) is 2.16. The third kappa shape index (κ3) is 1.68. The molecule has 0 aliphatic heterocycles. The van der Waals surface area contributed by atoms with Gasteiger partial charge in [-0.1, -0.05) is 28.1 Å². The first-order valence-electron chi connectivity index (χ1n) is 5.18. The number of benzene rings is 1. The van der Waals surface area contributed by atoms with Crippen molar-refractivity contribution in [3.05, 3.63) is 40.9 Å². The number of hydrogen-bond acceptors (Lipinski definition) is 3. The third-order valence-electron chi connectivity index (χ3n) is 2.84. The minimum Gasteiger partial charge on any atom is -0.446 e. The summed E-state index contributed by atoms with van der Waals surface area (Å²) in [5, 5.41) is 0. The molecule has 1 saturated carbocycles. The largest absolute Gasteiger partial charge is 0.446 e. The molecule has 3 rings (SSSR count). The number of nitrogens with two attached hydrogens (primary N) is 1. The Morgan fingerprint density at radius 1 is 1.38 bits per heavy atom. The Bertz CT molecular complexity index is 531. The van der Waals surface area contributed by atoms with Crippen molar-refractivity contribution in [1.82, 2.24) is 4.98 Å². The molecule has 0 spiro atoms. The topological polar surface area (TPSA) is 52.0 Å². The van der Waals surface area contributed by atoms with Crippen LogP contribution in [0.5, 0.6) is 0 Å². The quantitative estimate of drug-likeness (QED) is 0.919. The maximum atomic E-state index is 6.02. The second-order valence-electron chi connectivity index (χ2n) is 4.20. The van der Waals surface area contributed by atoms with E-state index in [4.69, 9.17) is 10.2 Å². The smallest absolute Gasteiger partial charge is 0.214 e. The van der Waals surface area contributed by atoms with Gasteiger partial charge in [-0.2, -0.15) is 0 Å². The molecule has 1 fully saturated rings. The van der Waals surface area contributed by atoms with Crippen LogP contribution >= 0.6 is 15.9 Å². The Balaban J connectivity index is 1.98. The van der Waals surface area contributed by atoms with Crippen LogP contribution in [0.2, 0.25) is 0 Å². The molecule has 0 saturated heterocycles. The molecule has 1 heterocycles. The van der Waals surface area contributed by atoms with Gasteiger partial charge in [-0.05, 0) is 25.0 Å². The molecule has 1 aromatic carbocycles. The molecule has 0 atom stereocenters. The first kappa shape index (κ1) is 10.1. The van der Waals surface area contributed by atoms with Gasteiger partial charge in [0.2, 0.25) is 5.89 Å². The van der Waals surface area contributed by atoms with Crippen LogP contribution in [0, 0.1) is 0 Å². The molecule has 4 heteroatoms. The average Bonchev–Trinajstić information content (AvgIpc) is 2.83. The summed E-state index contributed by atoms with van der Waals surface area (Å²) in [6.45, 7) is 0. The highest BCUT2D eigenvalue weighted by molar-refractivity contribution is 9.10. The van der Waals surface area contributed by atoms with E-state index in [1.165, 1.54) is 0 Å². The fraction of sp³-hybridized carbons (Fsp3) is 0.250. The summed E-state index contributed by atoms with van der Waals surface area (Å²) in [4.78, 5) is 4.44. The summed E-state index contributed by atoms with van der Waals surface area (Å²) in [5.41, 5.74) is 7.60. The van der Waals surface area contributed by atoms with Crippen molar-refractivity contribution >= 4 is 15.9 Å². The van der Waals surface area contributed by atoms with E-state index in [-0.39, 0.29) is 5.54 Å². The molecule has 0 amide bonds. The Morgan fingerprint density at radius 3 is 2.88 bits per heavy atom. The van der Waals surface area contributed by atoms with Crippen molar-refractivity contribution in [3.63, 3.8) is 0 Å². The highest BCUT2D eigenvalue weighted by Crippen LogP contribution is 2.42. The molecule has 3 nitrogen and oxygen atoms in total. The van der Waals surface area contributed by atoms with Crippen LogP contribution in [-0.4, -0.2) is 4.98 Å². The van der Waals surface area contributed by atoms with Crippen molar-refractivity contribution in [1.29, 1.82) is 0 Å². The third-order valence-corrected chi connectivity index (χ3v) is 3.33. The van der Waals surface area contributed by atoms with Crippen molar-refractivity contribution in [2.45, 2.75) is 18.4 Å². The standard InChI is InChI=1S/C12H11BrN2O/c13-9-3-1-2-8(6-9)10-7-16-11(15-10)12(14)4-5-12/h1-3,6-7H,4-5,14H2. The fourth-order valence-corrected chi connectivity index (χ4v) is 2.03. The molecular formula is C12H11BrN2O. The first-order chi connectivity index (χ1) is 7.67. The van der Waals surface area contributed by atoms with Gasteiger partial charge in [0.15, 0.2) is 0 Å². The van der Waals surface area contributed by atoms with Crippen LogP contribution in [0.3, 0.4) is 0 Å². The second-order valence-corrected chi connectivity index (χ2v) is 5.12. The van der Waals surface area contributed by atoms with E-state index in [0.29, 0.717) is 5.89 Å². The van der Waals surface area contributed by atoms with Gasteiger partial charge in [-0.3, -0.25) is 0 Å². The zero-order valence-electron chi connectivity index (χ0n) is 8.61. The van der Waals surface area contributed by atoms with Crippen LogP contribution in [-0.2, 0) is 5.54 Å². The Labute approximate surface area is 102 Å². The number of oxazole rings is 1. The van der Waals surface area contributed by atoms with E-state index in [1.807, 2.05) is 24.3 Å². The predicted molar refractivity (Wildman–Crippen MR) is 64.7 cm³/mol. The molecule has 0 bridgehead atoms. The lowest BCUT2D eigenvalue weighted by Gasteiger charge is -2.00. The maximum absolute atomic E-state index is 6.02. The normalized spacial score (nSPS) is 17.4. The van der Waals surface area contributed by atoms with Gasteiger partial charge < -0.3 is 10.2 Å². The average molecular weight is 279 g/mol. The molecule has 0 unspecified atom stereocenters. The van der Waals surface area contributed by atoms with Gasteiger partial charge in [-0.15, -0.1) is 0 Å². The van der Waals surface area contributed by atoms with Gasteiger partial charge in [0, 0.05) is 10.0 Å². The van der Waals surface area contributed by atoms with Crippen molar-refractivity contribution in [3.8, 4) is 11.3 Å². The highest BCUT2D eigenvalue weighted by Gasteiger charge is 2.44. The molecule has 1 aliphatic carbocycles. The summed E-state index contributed by atoms with van der Waals surface area (Å²) in [5.74, 6) is 0.655. The zero-order chi connectivity index (χ0) is 11.2. The Hall–Kier alpha value is -1.13. The molecule has 0 radical (unpaired) electrons. The number of aromatic nitrogens is 1. The molecule has 82 valence electrons. The van der Waals surface area contributed by atoms with Crippen molar-refractivity contribution in [2.75, 3.05) is 0 Å². The van der Waals surface area contributed by atoms with Gasteiger partial charge in [0.05, 0.1) is 5.54 Å². The summed E-state index contributed by atoms with van der Waals surface area (Å²) in [7, 11) is 0. The van der Waals surface area contributed by atoms with E-state index >= 15 is 0 Å². The van der Waals surface area contributed by atoms with E-state index in [0.717, 1.165) is 28.6 Å². The van der Waals surface area contributed by atoms with Crippen LogP contribution in [0.4, 0.5) is 0 Å². The highest BCUT2D eigenvalue weighted by atomic mass is 79.9. The van der Waals surface area contributed by atoms with Crippen LogP contribution < -0.4 is 5.73 Å². The molecule has 2 N–H and O–H groups in total. The summed E-state index contributed by atoms with van der Waals surface area (Å²) < 4.78 is 6.47. The summed E-state index contributed by atoms with van der Waals surface area (Å²) >= 11 is 3.43. The molecule has 1 aromatic heterocycles. The van der Waals surface area contributed by atoms with Gasteiger partial charge in [-0.25, -0.2) is 4.98 Å². The lowest BCUT2D eigenvalue weighted by Crippen LogP contribution is -2.18. The number of halogens is 1. The Morgan fingerprint density at radius 2 is 2.19 bits per heavy atom. The van der Waals surface area contributed by atoms with E-state index in [1.54, 1.807) is 6.26 Å². The zero-order valence-corrected chi connectivity index (χ0v) is 10.2. The minimum absolute atomic E-state index is 0.301. The van der Waals surface area contributed by atoms with Gasteiger partial charge >= 0.3 is 0 Å². The number of hydrogen-bond donors (Lipinski definition) is 1. The predicted octanol–water partition coefficient (Wildman–Crippen LogP) is 3.05. The SMILES string of the molecule is NC1(c2nc(-c3cccc(Br)c3)co2)CC1. The monoisotopic (exact) mass is 278 g/mol. The molecule has 1 aliphatic rings. The number of nitrogens with zero attached hydrogens (tertiary/aromatic N) is 1. The molecule has 2 aromatic rings. The summed E-state index contributed by atoms with van der Waals surface area (Å²) in [6, 6.07) is 7.97. The first-order valence-corrected chi connectivity index (χ1v) is 5.97. The van der Waals surface area contributed by atoms with Gasteiger partial charge in [0.1, 0.15) is 12.0 Å². The van der Waals surface area contributed by atoms with E-state index in [9.17, 15) is 0 Å². The van der Waals surface area contributed by atoms with E-state index in [2.05, 4.69) is 20.9 Å². The van der Waals surface area contributed by atoms with Gasteiger partial charge in [0.25, 0.3) is 0 Å². The van der Waals surface area contributed by atoms with E-state index < -0.39 is 0 Å². The van der Waals surface area contributed by atoms with Crippen LogP contribution in [0.25, 0.3) is 11.3 Å².